The summed E-state index contributed by atoms with van der Waals surface area (Å²) in [6.45, 7) is 8.07. The molecule has 2 rings (SSSR count). The number of piperidine rings is 1. The number of nitriles is 1. The van der Waals surface area contributed by atoms with Gasteiger partial charge in [0.05, 0.1) is 12.2 Å². The van der Waals surface area contributed by atoms with Crippen LogP contribution in [0, 0.1) is 11.3 Å². The maximum atomic E-state index is 9.37. The summed E-state index contributed by atoms with van der Waals surface area (Å²) >= 11 is 0. The van der Waals surface area contributed by atoms with E-state index in [1.807, 2.05) is 6.92 Å². The normalized spacial score (nSPS) is 27.7. The van der Waals surface area contributed by atoms with Crippen LogP contribution in [-0.4, -0.2) is 48.8 Å². The molecule has 19 heavy (non-hydrogen) atoms. The first kappa shape index (κ1) is 14.8. The second-order valence-electron chi connectivity index (χ2n) is 6.13. The van der Waals surface area contributed by atoms with Gasteiger partial charge in [0.15, 0.2) is 0 Å². The summed E-state index contributed by atoms with van der Waals surface area (Å²) in [5.74, 6) is 0. The van der Waals surface area contributed by atoms with Crippen LogP contribution < -0.4 is 5.32 Å². The molecule has 4 nitrogen and oxygen atoms in total. The Labute approximate surface area is 117 Å². The van der Waals surface area contributed by atoms with Crippen molar-refractivity contribution in [3.05, 3.63) is 0 Å². The molecule has 2 aliphatic rings. The standard InChI is InChI=1S/C15H27N3O/c1-3-19-14-5-4-9-18(11-14)10-8-15(2,12-16)17-13-6-7-13/h13-14,17H,3-11H2,1-2H3. The second kappa shape index (κ2) is 6.69. The predicted molar refractivity (Wildman–Crippen MR) is 75.9 cm³/mol. The third-order valence-corrected chi connectivity index (χ3v) is 4.14. The number of hydrogen-bond acceptors (Lipinski definition) is 4. The molecule has 2 fully saturated rings. The van der Waals surface area contributed by atoms with E-state index in [4.69, 9.17) is 4.74 Å². The van der Waals surface area contributed by atoms with Gasteiger partial charge in [-0.1, -0.05) is 0 Å². The highest BCUT2D eigenvalue weighted by Gasteiger charge is 2.33. The van der Waals surface area contributed by atoms with E-state index in [9.17, 15) is 5.26 Å². The fraction of sp³-hybridized carbons (Fsp3) is 0.933. The summed E-state index contributed by atoms with van der Waals surface area (Å²) in [6, 6.07) is 3.04. The molecule has 1 saturated heterocycles. The Balaban J connectivity index is 1.75. The summed E-state index contributed by atoms with van der Waals surface area (Å²) in [4.78, 5) is 2.45. The molecular weight excluding hydrogens is 238 g/mol. The Morgan fingerprint density at radius 3 is 2.84 bits per heavy atom. The highest BCUT2D eigenvalue weighted by molar-refractivity contribution is 5.07. The van der Waals surface area contributed by atoms with Gasteiger partial charge in [0.1, 0.15) is 5.54 Å². The van der Waals surface area contributed by atoms with Gasteiger partial charge in [-0.2, -0.15) is 5.26 Å². The van der Waals surface area contributed by atoms with Crippen molar-refractivity contribution in [1.29, 1.82) is 5.26 Å². The molecule has 4 heteroatoms. The van der Waals surface area contributed by atoms with E-state index in [1.165, 1.54) is 25.7 Å². The smallest absolute Gasteiger partial charge is 0.105 e. The van der Waals surface area contributed by atoms with Crippen LogP contribution in [0.1, 0.15) is 46.0 Å². The maximum Gasteiger partial charge on any atom is 0.105 e. The summed E-state index contributed by atoms with van der Waals surface area (Å²) in [7, 11) is 0. The monoisotopic (exact) mass is 265 g/mol. The van der Waals surface area contributed by atoms with Gasteiger partial charge in [-0.3, -0.25) is 5.32 Å². The van der Waals surface area contributed by atoms with Gasteiger partial charge >= 0.3 is 0 Å². The number of nitrogens with zero attached hydrogens (tertiary/aromatic N) is 2. The van der Waals surface area contributed by atoms with Gasteiger partial charge in [-0.25, -0.2) is 0 Å². The lowest BCUT2D eigenvalue weighted by Crippen LogP contribution is -2.47. The highest BCUT2D eigenvalue weighted by Crippen LogP contribution is 2.24. The Bertz CT molecular complexity index is 322. The van der Waals surface area contributed by atoms with Crippen LogP contribution >= 0.6 is 0 Å². The molecule has 1 N–H and O–H groups in total. The number of likely N-dealkylation sites (tertiary alicyclic amines) is 1. The van der Waals surface area contributed by atoms with E-state index < -0.39 is 0 Å². The van der Waals surface area contributed by atoms with Gasteiger partial charge in [0.2, 0.25) is 0 Å². The second-order valence-corrected chi connectivity index (χ2v) is 6.13. The molecule has 2 unspecified atom stereocenters. The zero-order valence-corrected chi connectivity index (χ0v) is 12.3. The quantitative estimate of drug-likeness (QED) is 0.764. The van der Waals surface area contributed by atoms with Crippen LogP contribution in [0.3, 0.4) is 0 Å². The summed E-state index contributed by atoms with van der Waals surface area (Å²) in [5, 5.41) is 12.8. The number of hydrogen-bond donors (Lipinski definition) is 1. The molecule has 0 aromatic rings. The molecule has 0 amide bonds. The molecule has 0 aromatic carbocycles. The minimum atomic E-state index is -0.361. The Hall–Kier alpha value is -0.630. The van der Waals surface area contributed by atoms with Crippen LogP contribution in [-0.2, 0) is 4.74 Å². The van der Waals surface area contributed by atoms with E-state index >= 15 is 0 Å². The van der Waals surface area contributed by atoms with E-state index in [1.54, 1.807) is 0 Å². The van der Waals surface area contributed by atoms with Crippen LogP contribution in [0.15, 0.2) is 0 Å². The molecule has 0 radical (unpaired) electrons. The first-order valence-electron chi connectivity index (χ1n) is 7.68. The third-order valence-electron chi connectivity index (χ3n) is 4.14. The Morgan fingerprint density at radius 1 is 1.42 bits per heavy atom. The summed E-state index contributed by atoms with van der Waals surface area (Å²) < 4.78 is 5.72. The van der Waals surface area contributed by atoms with Gasteiger partial charge in [0.25, 0.3) is 0 Å². The van der Waals surface area contributed by atoms with Gasteiger partial charge in [-0.15, -0.1) is 0 Å². The van der Waals surface area contributed by atoms with Crippen molar-refractivity contribution in [1.82, 2.24) is 10.2 Å². The Morgan fingerprint density at radius 2 is 2.21 bits per heavy atom. The van der Waals surface area contributed by atoms with Crippen LogP contribution in [0.4, 0.5) is 0 Å². The number of nitrogens with one attached hydrogen (secondary N) is 1. The van der Waals surface area contributed by atoms with Crippen molar-refractivity contribution < 1.29 is 4.74 Å². The fourth-order valence-electron chi connectivity index (χ4n) is 2.81. The summed E-state index contributed by atoms with van der Waals surface area (Å²) in [6.07, 6.45) is 6.15. The third kappa shape index (κ3) is 4.76. The zero-order chi connectivity index (χ0) is 13.7. The molecule has 1 aliphatic heterocycles. The Kier molecular flexibility index (Phi) is 5.20. The average molecular weight is 265 g/mol. The molecule has 0 aromatic heterocycles. The predicted octanol–water partition coefficient (Wildman–Crippen LogP) is 1.91. The van der Waals surface area contributed by atoms with E-state index in [0.29, 0.717) is 12.1 Å². The SMILES string of the molecule is CCOC1CCCN(CCC(C)(C#N)NC2CC2)C1. The molecule has 0 bridgehead atoms. The lowest BCUT2D eigenvalue weighted by atomic mass is 9.98. The summed E-state index contributed by atoms with van der Waals surface area (Å²) in [5.41, 5.74) is -0.361. The van der Waals surface area contributed by atoms with Crippen LogP contribution in [0.5, 0.6) is 0 Å². The number of rotatable bonds is 7. The molecule has 2 atom stereocenters. The lowest BCUT2D eigenvalue weighted by Gasteiger charge is -2.34. The minimum absolute atomic E-state index is 0.361. The van der Waals surface area contributed by atoms with E-state index in [-0.39, 0.29) is 5.54 Å². The first-order chi connectivity index (χ1) is 9.15. The maximum absolute atomic E-state index is 9.37. The van der Waals surface area contributed by atoms with Crippen molar-refractivity contribution in [2.24, 2.45) is 0 Å². The topological polar surface area (TPSA) is 48.3 Å². The molecule has 1 heterocycles. The lowest BCUT2D eigenvalue weighted by molar-refractivity contribution is 0.00451. The van der Waals surface area contributed by atoms with Gasteiger partial charge in [0, 0.05) is 25.7 Å². The highest BCUT2D eigenvalue weighted by atomic mass is 16.5. The molecule has 108 valence electrons. The van der Waals surface area contributed by atoms with E-state index in [0.717, 1.165) is 32.7 Å². The molecule has 1 saturated carbocycles. The van der Waals surface area contributed by atoms with Crippen molar-refractivity contribution in [2.75, 3.05) is 26.2 Å². The van der Waals surface area contributed by atoms with Crippen molar-refractivity contribution >= 4 is 0 Å². The zero-order valence-electron chi connectivity index (χ0n) is 12.3. The van der Waals surface area contributed by atoms with Crippen LogP contribution in [0.25, 0.3) is 0 Å². The van der Waals surface area contributed by atoms with E-state index in [2.05, 4.69) is 23.2 Å². The number of ether oxygens (including phenoxy) is 1. The average Bonchev–Trinajstić information content (AvgIpc) is 3.21. The van der Waals surface area contributed by atoms with Crippen LogP contribution in [0.2, 0.25) is 0 Å². The largest absolute Gasteiger partial charge is 0.377 e. The minimum Gasteiger partial charge on any atom is -0.377 e. The van der Waals surface area contributed by atoms with Crippen molar-refractivity contribution in [2.45, 2.75) is 63.6 Å². The van der Waals surface area contributed by atoms with Gasteiger partial charge < -0.3 is 9.64 Å². The van der Waals surface area contributed by atoms with Crippen molar-refractivity contribution in [3.63, 3.8) is 0 Å². The molecule has 0 spiro atoms. The first-order valence-corrected chi connectivity index (χ1v) is 7.68. The molecular formula is C15H27N3O. The molecule has 1 aliphatic carbocycles. The van der Waals surface area contributed by atoms with Gasteiger partial charge in [-0.05, 0) is 52.5 Å². The fourth-order valence-corrected chi connectivity index (χ4v) is 2.81. The van der Waals surface area contributed by atoms with Crippen molar-refractivity contribution in [3.8, 4) is 6.07 Å².